The lowest BCUT2D eigenvalue weighted by Gasteiger charge is -2.45. The van der Waals surface area contributed by atoms with Gasteiger partial charge in [0, 0.05) is 6.07 Å². The highest BCUT2D eigenvalue weighted by Gasteiger charge is 2.42. The monoisotopic (exact) mass is 243 g/mol. The average molecular weight is 244 g/mol. The Morgan fingerprint density at radius 3 is 2.60 bits per heavy atom. The molecule has 3 rings (SSSR count). The van der Waals surface area contributed by atoms with Crippen molar-refractivity contribution in [1.29, 1.82) is 0 Å². The first kappa shape index (κ1) is 9.61. The first-order valence-electron chi connectivity index (χ1n) is 5.11. The van der Waals surface area contributed by atoms with E-state index in [1.165, 1.54) is 6.42 Å². The van der Waals surface area contributed by atoms with Crippen LogP contribution in [0.15, 0.2) is 12.1 Å². The van der Waals surface area contributed by atoms with E-state index in [1.807, 2.05) is 6.07 Å². The molecule has 1 N–H and O–H groups in total. The quantitative estimate of drug-likeness (QED) is 0.750. The maximum absolute atomic E-state index is 5.99. The first-order valence-corrected chi connectivity index (χ1v) is 5.86. The zero-order valence-corrected chi connectivity index (χ0v) is 9.66. The number of fused-ring (bicyclic) bond motifs is 1. The van der Waals surface area contributed by atoms with E-state index in [0.29, 0.717) is 10.0 Å². The van der Waals surface area contributed by atoms with Crippen LogP contribution in [0.4, 0.5) is 5.69 Å². The molecule has 0 unspecified atom stereocenters. The number of hydrogen-bond donors (Lipinski definition) is 1. The number of hydrogen-bond acceptors (Lipinski definition) is 2. The molecule has 2 nitrogen and oxygen atoms in total. The third kappa shape index (κ3) is 1.47. The molecule has 2 aliphatic rings. The van der Waals surface area contributed by atoms with Gasteiger partial charge in [-0.15, -0.1) is 0 Å². The van der Waals surface area contributed by atoms with Crippen molar-refractivity contribution in [2.45, 2.75) is 24.9 Å². The second-order valence-electron chi connectivity index (χ2n) is 4.25. The van der Waals surface area contributed by atoms with Crippen molar-refractivity contribution in [3.05, 3.63) is 22.2 Å². The lowest BCUT2D eigenvalue weighted by Crippen LogP contribution is -2.51. The van der Waals surface area contributed by atoms with E-state index in [0.717, 1.165) is 30.8 Å². The molecule has 0 bridgehead atoms. The zero-order chi connectivity index (χ0) is 10.5. The molecule has 0 atom stereocenters. The van der Waals surface area contributed by atoms with Crippen molar-refractivity contribution in [3.8, 4) is 5.75 Å². The summed E-state index contributed by atoms with van der Waals surface area (Å²) in [5.41, 5.74) is 0.964. The molecule has 0 saturated heterocycles. The number of ether oxygens (including phenoxy) is 1. The standard InChI is InChI=1S/C11H11Cl2NO/c12-7-4-9-10(5-8(7)13)15-11(6-14-9)2-1-3-11/h4-5,14H,1-3,6H2. The Kier molecular flexibility index (Phi) is 2.05. The summed E-state index contributed by atoms with van der Waals surface area (Å²) in [6.45, 7) is 0.873. The highest BCUT2D eigenvalue weighted by molar-refractivity contribution is 6.42. The predicted molar refractivity (Wildman–Crippen MR) is 62.2 cm³/mol. The van der Waals surface area contributed by atoms with Gasteiger partial charge in [0.1, 0.15) is 11.4 Å². The Hall–Kier alpha value is -0.600. The molecule has 15 heavy (non-hydrogen) atoms. The summed E-state index contributed by atoms with van der Waals surface area (Å²) < 4.78 is 5.99. The van der Waals surface area contributed by atoms with Crippen molar-refractivity contribution in [1.82, 2.24) is 0 Å². The lowest BCUT2D eigenvalue weighted by molar-refractivity contribution is 0.000217. The van der Waals surface area contributed by atoms with E-state index in [1.54, 1.807) is 6.07 Å². The van der Waals surface area contributed by atoms with Crippen LogP contribution in [0.3, 0.4) is 0 Å². The number of nitrogens with one attached hydrogen (secondary N) is 1. The van der Waals surface area contributed by atoms with Crippen molar-refractivity contribution in [2.75, 3.05) is 11.9 Å². The maximum Gasteiger partial charge on any atom is 0.144 e. The van der Waals surface area contributed by atoms with Crippen molar-refractivity contribution < 1.29 is 4.74 Å². The average Bonchev–Trinajstić information content (AvgIpc) is 2.17. The Morgan fingerprint density at radius 1 is 1.20 bits per heavy atom. The van der Waals surface area contributed by atoms with E-state index < -0.39 is 0 Å². The summed E-state index contributed by atoms with van der Waals surface area (Å²) in [6.07, 6.45) is 3.50. The molecule has 1 aromatic rings. The third-order valence-electron chi connectivity index (χ3n) is 3.21. The second-order valence-corrected chi connectivity index (χ2v) is 5.07. The normalized spacial score (nSPS) is 21.2. The summed E-state index contributed by atoms with van der Waals surface area (Å²) in [6, 6.07) is 3.62. The summed E-state index contributed by atoms with van der Waals surface area (Å²) in [4.78, 5) is 0. The van der Waals surface area contributed by atoms with E-state index in [9.17, 15) is 0 Å². The van der Waals surface area contributed by atoms with Gasteiger partial charge < -0.3 is 10.1 Å². The Labute approximate surface area is 98.5 Å². The minimum absolute atomic E-state index is 0.0180. The fraction of sp³-hybridized carbons (Fsp3) is 0.455. The third-order valence-corrected chi connectivity index (χ3v) is 3.94. The summed E-state index contributed by atoms with van der Waals surface area (Å²) in [5.74, 6) is 0.829. The molecule has 1 aliphatic heterocycles. The number of benzene rings is 1. The topological polar surface area (TPSA) is 21.3 Å². The predicted octanol–water partition coefficient (Wildman–Crippen LogP) is 3.72. The van der Waals surface area contributed by atoms with Crippen molar-refractivity contribution >= 4 is 28.9 Å². The van der Waals surface area contributed by atoms with Gasteiger partial charge in [-0.2, -0.15) is 0 Å². The minimum Gasteiger partial charge on any atom is -0.483 e. The highest BCUT2D eigenvalue weighted by Crippen LogP contribution is 2.45. The summed E-state index contributed by atoms with van der Waals surface area (Å²) in [7, 11) is 0. The van der Waals surface area contributed by atoms with E-state index in [4.69, 9.17) is 27.9 Å². The maximum atomic E-state index is 5.99. The van der Waals surface area contributed by atoms with Gasteiger partial charge in [-0.25, -0.2) is 0 Å². The Morgan fingerprint density at radius 2 is 1.93 bits per heavy atom. The van der Waals surface area contributed by atoms with E-state index in [2.05, 4.69) is 5.32 Å². The van der Waals surface area contributed by atoms with Crippen LogP contribution in [-0.2, 0) is 0 Å². The summed E-state index contributed by atoms with van der Waals surface area (Å²) in [5, 5.41) is 4.47. The van der Waals surface area contributed by atoms with Gasteiger partial charge in [-0.3, -0.25) is 0 Å². The molecule has 0 radical (unpaired) electrons. The largest absolute Gasteiger partial charge is 0.483 e. The van der Waals surface area contributed by atoms with Crippen LogP contribution in [0.2, 0.25) is 10.0 Å². The van der Waals surface area contributed by atoms with Crippen molar-refractivity contribution in [2.24, 2.45) is 0 Å². The van der Waals surface area contributed by atoms with Gasteiger partial charge in [0.05, 0.1) is 22.3 Å². The van der Waals surface area contributed by atoms with Gasteiger partial charge in [0.2, 0.25) is 0 Å². The fourth-order valence-corrected chi connectivity index (χ4v) is 2.44. The molecular weight excluding hydrogens is 233 g/mol. The van der Waals surface area contributed by atoms with Gasteiger partial charge >= 0.3 is 0 Å². The fourth-order valence-electron chi connectivity index (χ4n) is 2.13. The summed E-state index contributed by atoms with van der Waals surface area (Å²) >= 11 is 11.9. The molecule has 1 saturated carbocycles. The lowest BCUT2D eigenvalue weighted by atomic mass is 9.79. The Balaban J connectivity index is 1.98. The molecule has 80 valence electrons. The highest BCUT2D eigenvalue weighted by atomic mass is 35.5. The van der Waals surface area contributed by atoms with Crippen LogP contribution >= 0.6 is 23.2 Å². The SMILES string of the molecule is Clc1cc2c(cc1Cl)OC1(CCC1)CN2. The molecule has 4 heteroatoms. The van der Waals surface area contributed by atoms with Gasteiger partial charge in [0.25, 0.3) is 0 Å². The van der Waals surface area contributed by atoms with Crippen LogP contribution in [0.25, 0.3) is 0 Å². The molecule has 1 fully saturated rings. The van der Waals surface area contributed by atoms with Gasteiger partial charge in [-0.05, 0) is 25.3 Å². The molecule has 1 aromatic carbocycles. The minimum atomic E-state index is 0.0180. The van der Waals surface area contributed by atoms with Crippen LogP contribution in [-0.4, -0.2) is 12.1 Å². The Bertz CT molecular complexity index is 415. The molecule has 1 aliphatic carbocycles. The molecule has 1 spiro atoms. The molecule has 0 aromatic heterocycles. The van der Waals surface area contributed by atoms with Crippen molar-refractivity contribution in [3.63, 3.8) is 0 Å². The second kappa shape index (κ2) is 3.19. The van der Waals surface area contributed by atoms with Gasteiger partial charge in [-0.1, -0.05) is 23.2 Å². The van der Waals surface area contributed by atoms with Crippen LogP contribution < -0.4 is 10.1 Å². The number of anilines is 1. The number of halogens is 2. The molecular formula is C11H11Cl2NO. The van der Waals surface area contributed by atoms with E-state index >= 15 is 0 Å². The van der Waals surface area contributed by atoms with E-state index in [-0.39, 0.29) is 5.60 Å². The molecule has 1 heterocycles. The number of rotatable bonds is 0. The van der Waals surface area contributed by atoms with Crippen LogP contribution in [0.1, 0.15) is 19.3 Å². The first-order chi connectivity index (χ1) is 7.19. The smallest absolute Gasteiger partial charge is 0.144 e. The van der Waals surface area contributed by atoms with Crippen LogP contribution in [0.5, 0.6) is 5.75 Å². The van der Waals surface area contributed by atoms with Gasteiger partial charge in [0.15, 0.2) is 0 Å². The molecule has 0 amide bonds. The zero-order valence-electron chi connectivity index (χ0n) is 8.15. The van der Waals surface area contributed by atoms with Crippen LogP contribution in [0, 0.1) is 0 Å².